The van der Waals surface area contributed by atoms with Crippen LogP contribution >= 0.6 is 0 Å². The molecular formula is C36H36O3. The Morgan fingerprint density at radius 1 is 0.385 bits per heavy atom. The van der Waals surface area contributed by atoms with Crippen molar-refractivity contribution in [3.8, 4) is 33.4 Å². The molecule has 3 heteroatoms. The number of rotatable bonds is 12. The van der Waals surface area contributed by atoms with Crippen LogP contribution in [0.4, 0.5) is 0 Å². The molecule has 0 bridgehead atoms. The zero-order chi connectivity index (χ0) is 27.8. The van der Waals surface area contributed by atoms with E-state index in [-0.39, 0.29) is 17.3 Å². The van der Waals surface area contributed by atoms with Gasteiger partial charge in [0.2, 0.25) is 0 Å². The first kappa shape index (κ1) is 27.9. The summed E-state index contributed by atoms with van der Waals surface area (Å²) in [6.07, 6.45) is 3.95. The van der Waals surface area contributed by atoms with Crippen molar-refractivity contribution in [2.45, 2.75) is 59.3 Å². The molecule has 4 rings (SSSR count). The largest absolute Gasteiger partial charge is 0.300 e. The highest BCUT2D eigenvalue weighted by Gasteiger charge is 2.09. The zero-order valence-corrected chi connectivity index (χ0v) is 23.1. The Balaban J connectivity index is 1.68. The number of hydrogen-bond donors (Lipinski definition) is 0. The summed E-state index contributed by atoms with van der Waals surface area (Å²) in [5, 5.41) is 0. The van der Waals surface area contributed by atoms with Crippen LogP contribution in [0.25, 0.3) is 33.4 Å². The lowest BCUT2D eigenvalue weighted by Gasteiger charge is -2.13. The van der Waals surface area contributed by atoms with Gasteiger partial charge in [0.1, 0.15) is 17.3 Å². The lowest BCUT2D eigenvalue weighted by atomic mass is 9.92. The van der Waals surface area contributed by atoms with Crippen molar-refractivity contribution in [2.75, 3.05) is 0 Å². The quantitative estimate of drug-likeness (QED) is 0.190. The van der Waals surface area contributed by atoms with Crippen molar-refractivity contribution in [1.29, 1.82) is 0 Å². The van der Waals surface area contributed by atoms with Gasteiger partial charge in [-0.15, -0.1) is 0 Å². The second-order valence-corrected chi connectivity index (χ2v) is 10.5. The first-order chi connectivity index (χ1) is 18.8. The van der Waals surface area contributed by atoms with Crippen LogP contribution in [0, 0.1) is 0 Å². The molecule has 198 valence electrons. The minimum absolute atomic E-state index is 0.205. The summed E-state index contributed by atoms with van der Waals surface area (Å²) in [7, 11) is 0. The molecule has 0 aliphatic carbocycles. The van der Waals surface area contributed by atoms with Crippen LogP contribution < -0.4 is 0 Å². The van der Waals surface area contributed by atoms with Gasteiger partial charge in [-0.05, 0) is 108 Å². The number of ketones is 3. The van der Waals surface area contributed by atoms with Crippen LogP contribution in [0.2, 0.25) is 0 Å². The van der Waals surface area contributed by atoms with Crippen LogP contribution in [0.15, 0.2) is 91.0 Å². The fourth-order valence-corrected chi connectivity index (χ4v) is 4.68. The molecule has 4 aromatic carbocycles. The van der Waals surface area contributed by atoms with Crippen LogP contribution in [0.5, 0.6) is 0 Å². The summed E-state index contributed by atoms with van der Waals surface area (Å²) < 4.78 is 0. The molecule has 3 nitrogen and oxygen atoms in total. The van der Waals surface area contributed by atoms with E-state index in [4.69, 9.17) is 0 Å². The summed E-state index contributed by atoms with van der Waals surface area (Å²) in [5.41, 5.74) is 10.2. The van der Waals surface area contributed by atoms with E-state index in [1.807, 2.05) is 0 Å². The minimum atomic E-state index is 0.205. The monoisotopic (exact) mass is 516 g/mol. The van der Waals surface area contributed by atoms with E-state index >= 15 is 0 Å². The molecule has 0 aliphatic rings. The fourth-order valence-electron chi connectivity index (χ4n) is 4.68. The van der Waals surface area contributed by atoms with Gasteiger partial charge in [-0.2, -0.15) is 0 Å². The maximum Gasteiger partial charge on any atom is 0.130 e. The van der Waals surface area contributed by atoms with Gasteiger partial charge in [0.25, 0.3) is 0 Å². The Bertz CT molecular complexity index is 1250. The number of carbonyl (C=O) groups excluding carboxylic acids is 3. The smallest absolute Gasteiger partial charge is 0.130 e. The Morgan fingerprint density at radius 3 is 0.821 bits per heavy atom. The molecule has 0 aliphatic heterocycles. The van der Waals surface area contributed by atoms with E-state index in [2.05, 4.69) is 91.0 Å². The van der Waals surface area contributed by atoms with Crippen molar-refractivity contribution >= 4 is 17.3 Å². The summed E-state index contributed by atoms with van der Waals surface area (Å²) in [6, 6.07) is 32.1. The van der Waals surface area contributed by atoms with Gasteiger partial charge in [0, 0.05) is 19.3 Å². The Hall–Kier alpha value is -4.11. The molecule has 39 heavy (non-hydrogen) atoms. The van der Waals surface area contributed by atoms with Crippen LogP contribution in [0.1, 0.15) is 56.7 Å². The summed E-state index contributed by atoms with van der Waals surface area (Å²) in [4.78, 5) is 34.2. The van der Waals surface area contributed by atoms with E-state index in [0.29, 0.717) is 19.3 Å². The standard InChI is InChI=1S/C36H36O3/c1-25(37)4-7-28-10-16-31(17-11-28)34-22-35(32-18-12-29(13-19-32)8-5-26(2)38)24-36(23-34)33-20-14-30(15-21-33)9-6-27(3)39/h10-24H,4-9H2,1-3H3. The maximum absolute atomic E-state index is 11.4. The molecule has 0 heterocycles. The second-order valence-electron chi connectivity index (χ2n) is 10.5. The Kier molecular flexibility index (Phi) is 9.38. The van der Waals surface area contributed by atoms with Crippen molar-refractivity contribution in [1.82, 2.24) is 0 Å². The SMILES string of the molecule is CC(=O)CCc1ccc(-c2cc(-c3ccc(CCC(C)=O)cc3)cc(-c3ccc(CCC(C)=O)cc3)c2)cc1. The molecule has 0 N–H and O–H groups in total. The number of hydrogen-bond acceptors (Lipinski definition) is 3. The number of carbonyl (C=O) groups is 3. The predicted molar refractivity (Wildman–Crippen MR) is 160 cm³/mol. The van der Waals surface area contributed by atoms with Gasteiger partial charge < -0.3 is 14.4 Å². The second kappa shape index (κ2) is 13.1. The summed E-state index contributed by atoms with van der Waals surface area (Å²) >= 11 is 0. The van der Waals surface area contributed by atoms with E-state index in [9.17, 15) is 14.4 Å². The van der Waals surface area contributed by atoms with E-state index in [1.165, 1.54) is 0 Å². The Labute approximate surface area is 231 Å². The molecule has 0 unspecified atom stereocenters. The summed E-state index contributed by atoms with van der Waals surface area (Å²) in [5.74, 6) is 0.614. The maximum atomic E-state index is 11.4. The van der Waals surface area contributed by atoms with E-state index in [1.54, 1.807) is 20.8 Å². The highest BCUT2D eigenvalue weighted by Crippen LogP contribution is 2.33. The molecule has 0 amide bonds. The van der Waals surface area contributed by atoms with Gasteiger partial charge in [-0.25, -0.2) is 0 Å². The minimum Gasteiger partial charge on any atom is -0.300 e. The highest BCUT2D eigenvalue weighted by molar-refractivity contribution is 5.82. The van der Waals surface area contributed by atoms with Crippen molar-refractivity contribution in [3.05, 3.63) is 108 Å². The first-order valence-electron chi connectivity index (χ1n) is 13.7. The topological polar surface area (TPSA) is 51.2 Å². The van der Waals surface area contributed by atoms with Crippen molar-refractivity contribution in [3.63, 3.8) is 0 Å². The van der Waals surface area contributed by atoms with Crippen LogP contribution in [-0.4, -0.2) is 17.3 Å². The van der Waals surface area contributed by atoms with Crippen molar-refractivity contribution < 1.29 is 14.4 Å². The average molecular weight is 517 g/mol. The van der Waals surface area contributed by atoms with E-state index in [0.717, 1.165) is 69.3 Å². The van der Waals surface area contributed by atoms with Crippen LogP contribution in [-0.2, 0) is 33.6 Å². The van der Waals surface area contributed by atoms with Gasteiger partial charge in [0.05, 0.1) is 0 Å². The summed E-state index contributed by atoms with van der Waals surface area (Å²) in [6.45, 7) is 4.90. The molecule has 0 radical (unpaired) electrons. The molecule has 4 aromatic rings. The lowest BCUT2D eigenvalue weighted by Crippen LogP contribution is -1.94. The average Bonchev–Trinajstić information content (AvgIpc) is 2.94. The molecule has 0 saturated heterocycles. The Morgan fingerprint density at radius 2 is 0.615 bits per heavy atom. The van der Waals surface area contributed by atoms with Gasteiger partial charge in [-0.3, -0.25) is 0 Å². The molecule has 0 atom stereocenters. The van der Waals surface area contributed by atoms with Crippen molar-refractivity contribution in [2.24, 2.45) is 0 Å². The number of Topliss-reactive ketones (excluding diaryl/α,β-unsaturated/α-hetero) is 3. The molecule has 0 aromatic heterocycles. The number of benzene rings is 4. The fraction of sp³-hybridized carbons (Fsp3) is 0.250. The predicted octanol–water partition coefficient (Wildman–Crippen LogP) is 8.25. The molecule has 0 fully saturated rings. The zero-order valence-electron chi connectivity index (χ0n) is 23.1. The molecule has 0 saturated carbocycles. The third-order valence-corrected chi connectivity index (χ3v) is 7.09. The first-order valence-corrected chi connectivity index (χ1v) is 13.7. The molecule has 0 spiro atoms. The van der Waals surface area contributed by atoms with Gasteiger partial charge in [0.15, 0.2) is 0 Å². The van der Waals surface area contributed by atoms with Crippen LogP contribution in [0.3, 0.4) is 0 Å². The lowest BCUT2D eigenvalue weighted by molar-refractivity contribution is -0.117. The van der Waals surface area contributed by atoms with Gasteiger partial charge >= 0.3 is 0 Å². The molecular weight excluding hydrogens is 480 g/mol. The third-order valence-electron chi connectivity index (χ3n) is 7.09. The third kappa shape index (κ3) is 8.19. The normalized spacial score (nSPS) is 10.8. The van der Waals surface area contributed by atoms with E-state index < -0.39 is 0 Å². The highest BCUT2D eigenvalue weighted by atomic mass is 16.1. The number of aryl methyl sites for hydroxylation is 3. The van der Waals surface area contributed by atoms with Gasteiger partial charge in [-0.1, -0.05) is 72.8 Å².